The maximum Gasteiger partial charge on any atom is 0.312 e. The Morgan fingerprint density at radius 2 is 1.56 bits per heavy atom. The van der Waals surface area contributed by atoms with Crippen LogP contribution in [0.3, 0.4) is 0 Å². The van der Waals surface area contributed by atoms with Gasteiger partial charge in [0.1, 0.15) is 5.78 Å². The minimum atomic E-state index is -0.740. The fourth-order valence-electron chi connectivity index (χ4n) is 4.25. The van der Waals surface area contributed by atoms with Crippen LogP contribution in [0.4, 0.5) is 4.79 Å². The number of primary amides is 1. The summed E-state index contributed by atoms with van der Waals surface area (Å²) in [6, 6.07) is -1.38. The number of carbonyl (C=O) groups is 6. The number of nitrogens with one attached hydrogen (secondary N) is 2. The van der Waals surface area contributed by atoms with Crippen molar-refractivity contribution in [3.05, 3.63) is 0 Å². The molecule has 0 radical (unpaired) electrons. The molecule has 1 saturated heterocycles. The Hall–Kier alpha value is -2.86. The molecule has 39 heavy (non-hydrogen) atoms. The zero-order chi connectivity index (χ0) is 29.6. The van der Waals surface area contributed by atoms with Gasteiger partial charge in [-0.1, -0.05) is 34.6 Å². The average Bonchev–Trinajstić information content (AvgIpc) is 3.16. The van der Waals surface area contributed by atoms with Crippen LogP contribution < -0.4 is 16.4 Å². The number of hydrogen-bond donors (Lipinski definition) is 3. The molecule has 1 aliphatic rings. The van der Waals surface area contributed by atoms with Gasteiger partial charge in [0, 0.05) is 43.6 Å². The first-order chi connectivity index (χ1) is 18.2. The summed E-state index contributed by atoms with van der Waals surface area (Å²) in [5.74, 6) is -1.66. The van der Waals surface area contributed by atoms with Gasteiger partial charge in [0.15, 0.2) is 5.78 Å². The maximum absolute atomic E-state index is 13.2. The Morgan fingerprint density at radius 3 is 2.10 bits per heavy atom. The number of nitrogens with two attached hydrogens (primary N) is 1. The van der Waals surface area contributed by atoms with Crippen LogP contribution in [0, 0.1) is 17.3 Å². The van der Waals surface area contributed by atoms with E-state index in [2.05, 4.69) is 10.6 Å². The normalized spacial score (nSPS) is 15.4. The first-order valence-electron chi connectivity index (χ1n) is 13.6. The SMILES string of the molecule is CC(C)C(NC(=O)CCOCCOCCN1C(=O)CCC1=O)C(=O)C[C@@H](CCCNC(N)=O)C(=O)C(C)(C)C. The first kappa shape index (κ1) is 34.2. The number of ketones is 2. The van der Waals surface area contributed by atoms with Crippen molar-refractivity contribution in [2.45, 2.75) is 79.2 Å². The summed E-state index contributed by atoms with van der Waals surface area (Å²) in [6.45, 7) is 10.4. The Balaban J connectivity index is 2.44. The summed E-state index contributed by atoms with van der Waals surface area (Å²) in [5, 5.41) is 5.27. The Labute approximate surface area is 231 Å². The van der Waals surface area contributed by atoms with Gasteiger partial charge in [-0.15, -0.1) is 0 Å². The van der Waals surface area contributed by atoms with Crippen LogP contribution >= 0.6 is 0 Å². The molecule has 0 saturated carbocycles. The van der Waals surface area contributed by atoms with Crippen LogP contribution in [0.1, 0.15) is 73.1 Å². The molecule has 12 heteroatoms. The van der Waals surface area contributed by atoms with Gasteiger partial charge in [-0.2, -0.15) is 0 Å². The summed E-state index contributed by atoms with van der Waals surface area (Å²) >= 11 is 0. The zero-order valence-corrected chi connectivity index (χ0v) is 24.0. The van der Waals surface area contributed by atoms with E-state index in [4.69, 9.17) is 15.2 Å². The number of rotatable bonds is 19. The molecule has 222 valence electrons. The molecule has 1 aliphatic heterocycles. The molecular weight excluding hydrogens is 508 g/mol. The minimum Gasteiger partial charge on any atom is -0.379 e. The summed E-state index contributed by atoms with van der Waals surface area (Å²) in [4.78, 5) is 73.9. The van der Waals surface area contributed by atoms with Gasteiger partial charge in [0.2, 0.25) is 17.7 Å². The molecule has 12 nitrogen and oxygen atoms in total. The van der Waals surface area contributed by atoms with Crippen molar-refractivity contribution in [1.29, 1.82) is 0 Å². The molecule has 0 aromatic carbocycles. The quantitative estimate of drug-likeness (QED) is 0.158. The summed E-state index contributed by atoms with van der Waals surface area (Å²) in [7, 11) is 0. The fraction of sp³-hybridized carbons (Fsp3) is 0.778. The lowest BCUT2D eigenvalue weighted by atomic mass is 9.78. The lowest BCUT2D eigenvalue weighted by Crippen LogP contribution is -2.46. The zero-order valence-electron chi connectivity index (χ0n) is 24.0. The van der Waals surface area contributed by atoms with Crippen molar-refractivity contribution in [3.63, 3.8) is 0 Å². The van der Waals surface area contributed by atoms with Crippen molar-refractivity contribution in [3.8, 4) is 0 Å². The maximum atomic E-state index is 13.2. The molecule has 0 aromatic rings. The molecule has 0 spiro atoms. The fourth-order valence-corrected chi connectivity index (χ4v) is 4.25. The van der Waals surface area contributed by atoms with Gasteiger partial charge < -0.3 is 25.8 Å². The number of ether oxygens (including phenoxy) is 2. The van der Waals surface area contributed by atoms with Gasteiger partial charge in [0.05, 0.1) is 39.0 Å². The topological polar surface area (TPSA) is 174 Å². The predicted octanol–water partition coefficient (Wildman–Crippen LogP) is 1.34. The highest BCUT2D eigenvalue weighted by molar-refractivity contribution is 6.01. The molecule has 0 aliphatic carbocycles. The molecular formula is C27H46N4O8. The number of hydrogen-bond acceptors (Lipinski definition) is 8. The van der Waals surface area contributed by atoms with E-state index in [1.165, 1.54) is 4.90 Å². The van der Waals surface area contributed by atoms with Gasteiger partial charge in [-0.3, -0.25) is 28.9 Å². The van der Waals surface area contributed by atoms with Crippen LogP contribution in [0.5, 0.6) is 0 Å². The standard InChI is InChI=1S/C27H46N4O8/c1-18(2)24(20(32)17-19(25(36)27(3,4)5)7-6-11-29-26(28)37)30-21(33)10-13-38-15-16-39-14-12-31-22(34)8-9-23(31)35/h18-19,24H,6-17H2,1-5H3,(H,30,33)(H3,28,29,37)/t19-,24?/m1/s1. The van der Waals surface area contributed by atoms with Crippen molar-refractivity contribution in [2.24, 2.45) is 23.0 Å². The van der Waals surface area contributed by atoms with E-state index in [1.54, 1.807) is 20.8 Å². The van der Waals surface area contributed by atoms with Crippen molar-refractivity contribution in [2.75, 3.05) is 39.5 Å². The molecule has 1 fully saturated rings. The van der Waals surface area contributed by atoms with Crippen LogP contribution in [0.15, 0.2) is 0 Å². The highest BCUT2D eigenvalue weighted by atomic mass is 16.5. The summed E-state index contributed by atoms with van der Waals surface area (Å²) < 4.78 is 10.8. The van der Waals surface area contributed by atoms with Crippen molar-refractivity contribution < 1.29 is 38.2 Å². The number of carbonyl (C=O) groups excluding carboxylic acids is 6. The van der Waals surface area contributed by atoms with Gasteiger partial charge in [0.25, 0.3) is 0 Å². The number of likely N-dealkylation sites (tertiary alicyclic amines) is 1. The predicted molar refractivity (Wildman–Crippen MR) is 143 cm³/mol. The third-order valence-electron chi connectivity index (χ3n) is 6.38. The van der Waals surface area contributed by atoms with E-state index >= 15 is 0 Å². The molecule has 1 rings (SSSR count). The van der Waals surface area contributed by atoms with E-state index < -0.39 is 23.4 Å². The van der Waals surface area contributed by atoms with Crippen molar-refractivity contribution >= 4 is 35.3 Å². The number of urea groups is 1. The third-order valence-corrected chi connectivity index (χ3v) is 6.38. The van der Waals surface area contributed by atoms with Crippen molar-refractivity contribution in [1.82, 2.24) is 15.5 Å². The van der Waals surface area contributed by atoms with Crippen LogP contribution in [0.25, 0.3) is 0 Å². The average molecular weight is 555 g/mol. The largest absolute Gasteiger partial charge is 0.379 e. The summed E-state index contributed by atoms with van der Waals surface area (Å²) in [5.41, 5.74) is 4.45. The van der Waals surface area contributed by atoms with Crippen LogP contribution in [-0.2, 0) is 33.4 Å². The van der Waals surface area contributed by atoms with Crippen LogP contribution in [0.2, 0.25) is 0 Å². The molecule has 4 N–H and O–H groups in total. The highest BCUT2D eigenvalue weighted by Crippen LogP contribution is 2.26. The monoisotopic (exact) mass is 554 g/mol. The van der Waals surface area contributed by atoms with Gasteiger partial charge in [-0.25, -0.2) is 4.79 Å². The second kappa shape index (κ2) is 17.0. The lowest BCUT2D eigenvalue weighted by Gasteiger charge is -2.27. The highest BCUT2D eigenvalue weighted by Gasteiger charge is 2.34. The number of nitrogens with zero attached hydrogens (tertiary/aromatic N) is 1. The lowest BCUT2D eigenvalue weighted by molar-refractivity contribution is -0.139. The van der Waals surface area contributed by atoms with Gasteiger partial charge >= 0.3 is 6.03 Å². The second-order valence-electron chi connectivity index (χ2n) is 11.1. The second-order valence-corrected chi connectivity index (χ2v) is 11.1. The van der Waals surface area contributed by atoms with E-state index in [-0.39, 0.29) is 93.9 Å². The van der Waals surface area contributed by atoms with Crippen LogP contribution in [-0.4, -0.2) is 85.8 Å². The Bertz CT molecular complexity index is 852. The molecule has 1 unspecified atom stereocenters. The number of imide groups is 1. The number of Topliss-reactive ketones (excluding diaryl/α,β-unsaturated/α-hetero) is 2. The minimum absolute atomic E-state index is 0.00172. The van der Waals surface area contributed by atoms with Gasteiger partial charge in [-0.05, 0) is 18.8 Å². The molecule has 0 bridgehead atoms. The Morgan fingerprint density at radius 1 is 0.974 bits per heavy atom. The molecule has 0 aromatic heterocycles. The third kappa shape index (κ3) is 13.2. The van der Waals surface area contributed by atoms with E-state index in [9.17, 15) is 28.8 Å². The van der Waals surface area contributed by atoms with E-state index in [0.717, 1.165) is 0 Å². The Kier molecular flexibility index (Phi) is 14.9. The smallest absolute Gasteiger partial charge is 0.312 e. The molecule has 5 amide bonds. The number of amides is 5. The summed E-state index contributed by atoms with van der Waals surface area (Å²) in [6.07, 6.45) is 1.46. The van der Waals surface area contributed by atoms with E-state index in [1.807, 2.05) is 13.8 Å². The molecule has 2 atom stereocenters. The molecule has 1 heterocycles. The first-order valence-corrected chi connectivity index (χ1v) is 13.6. The van der Waals surface area contributed by atoms with E-state index in [0.29, 0.717) is 19.4 Å².